The molecule has 0 amide bonds. The Morgan fingerprint density at radius 3 is 3.27 bits per heavy atom. The van der Waals surface area contributed by atoms with Gasteiger partial charge >= 0.3 is 5.97 Å². The van der Waals surface area contributed by atoms with Crippen LogP contribution in [0.3, 0.4) is 0 Å². The highest BCUT2D eigenvalue weighted by atomic mass is 16.6. The quantitative estimate of drug-likeness (QED) is 0.656. The standard InChI is InChI=1S/C12H13NO2/c1-2-12-6-5-9(11(14)15-12)8-4-3-7-13-10(8)12/h3-4,7,9H,2,5-6H2,1H3. The Morgan fingerprint density at radius 1 is 1.67 bits per heavy atom. The van der Waals surface area contributed by atoms with Gasteiger partial charge in [-0.2, -0.15) is 0 Å². The minimum atomic E-state index is -0.428. The van der Waals surface area contributed by atoms with E-state index in [4.69, 9.17) is 4.74 Å². The van der Waals surface area contributed by atoms with Crippen LogP contribution in [0.25, 0.3) is 0 Å². The zero-order chi connectivity index (χ0) is 10.5. The second-order valence-corrected chi connectivity index (χ2v) is 4.30. The minimum Gasteiger partial charge on any atom is -0.452 e. The van der Waals surface area contributed by atoms with Crippen molar-refractivity contribution >= 4 is 5.97 Å². The van der Waals surface area contributed by atoms with Crippen LogP contribution in [-0.2, 0) is 15.1 Å². The monoisotopic (exact) mass is 203 g/mol. The van der Waals surface area contributed by atoms with Crippen molar-refractivity contribution in [1.82, 2.24) is 4.98 Å². The highest BCUT2D eigenvalue weighted by Gasteiger charge is 2.50. The fourth-order valence-corrected chi connectivity index (χ4v) is 2.76. The van der Waals surface area contributed by atoms with Crippen LogP contribution in [0.5, 0.6) is 0 Å². The number of fused-ring (bicyclic) bond motifs is 2. The Hall–Kier alpha value is -1.38. The molecule has 4 rings (SSSR count). The lowest BCUT2D eigenvalue weighted by molar-refractivity contribution is -0.177. The summed E-state index contributed by atoms with van der Waals surface area (Å²) in [6.07, 6.45) is 4.43. The van der Waals surface area contributed by atoms with Gasteiger partial charge in [0.15, 0.2) is 5.60 Å². The summed E-state index contributed by atoms with van der Waals surface area (Å²) in [5.41, 5.74) is 1.65. The Labute approximate surface area is 88.5 Å². The van der Waals surface area contributed by atoms with Crippen molar-refractivity contribution < 1.29 is 9.53 Å². The van der Waals surface area contributed by atoms with Gasteiger partial charge in [-0.1, -0.05) is 13.0 Å². The molecule has 2 atom stereocenters. The van der Waals surface area contributed by atoms with Crippen LogP contribution in [0.2, 0.25) is 0 Å². The maximum absolute atomic E-state index is 11.7. The van der Waals surface area contributed by atoms with E-state index < -0.39 is 5.60 Å². The third-order valence-electron chi connectivity index (χ3n) is 3.63. The van der Waals surface area contributed by atoms with Crippen LogP contribution >= 0.6 is 0 Å². The van der Waals surface area contributed by atoms with Gasteiger partial charge in [0, 0.05) is 6.20 Å². The molecule has 1 aromatic heterocycles. The van der Waals surface area contributed by atoms with Gasteiger partial charge in [0.25, 0.3) is 0 Å². The molecule has 15 heavy (non-hydrogen) atoms. The van der Waals surface area contributed by atoms with E-state index in [1.54, 1.807) is 6.20 Å². The van der Waals surface area contributed by atoms with Crippen LogP contribution in [0.1, 0.15) is 43.4 Å². The van der Waals surface area contributed by atoms with Gasteiger partial charge in [0.05, 0.1) is 11.6 Å². The number of rotatable bonds is 1. The first-order valence-electron chi connectivity index (χ1n) is 5.45. The van der Waals surface area contributed by atoms with Gasteiger partial charge in [-0.05, 0) is 30.9 Å². The van der Waals surface area contributed by atoms with Crippen molar-refractivity contribution in [2.24, 2.45) is 0 Å². The molecular formula is C12H13NO2. The van der Waals surface area contributed by atoms with E-state index in [2.05, 4.69) is 11.9 Å². The summed E-state index contributed by atoms with van der Waals surface area (Å²) < 4.78 is 5.55. The average molecular weight is 203 g/mol. The Balaban J connectivity index is 2.24. The second kappa shape index (κ2) is 2.81. The molecule has 3 nitrogen and oxygen atoms in total. The van der Waals surface area contributed by atoms with Gasteiger partial charge in [-0.15, -0.1) is 0 Å². The Morgan fingerprint density at radius 2 is 2.53 bits per heavy atom. The molecule has 0 saturated carbocycles. The molecule has 2 unspecified atom stereocenters. The van der Waals surface area contributed by atoms with Crippen LogP contribution in [0.15, 0.2) is 18.3 Å². The summed E-state index contributed by atoms with van der Waals surface area (Å²) in [5, 5.41) is 0. The fourth-order valence-electron chi connectivity index (χ4n) is 2.76. The first-order valence-corrected chi connectivity index (χ1v) is 5.45. The van der Waals surface area contributed by atoms with Crippen molar-refractivity contribution in [2.45, 2.75) is 37.7 Å². The summed E-state index contributed by atoms with van der Waals surface area (Å²) >= 11 is 0. The van der Waals surface area contributed by atoms with Crippen molar-refractivity contribution in [3.8, 4) is 0 Å². The van der Waals surface area contributed by atoms with E-state index in [0.29, 0.717) is 0 Å². The number of pyridine rings is 1. The molecule has 0 N–H and O–H groups in total. The summed E-state index contributed by atoms with van der Waals surface area (Å²) in [7, 11) is 0. The van der Waals surface area contributed by atoms with E-state index in [1.807, 2.05) is 12.1 Å². The van der Waals surface area contributed by atoms with E-state index in [0.717, 1.165) is 30.5 Å². The van der Waals surface area contributed by atoms with Crippen LogP contribution in [0, 0.1) is 0 Å². The molecule has 2 bridgehead atoms. The highest BCUT2D eigenvalue weighted by Crippen LogP contribution is 2.50. The molecule has 3 aliphatic rings. The van der Waals surface area contributed by atoms with Crippen molar-refractivity contribution in [2.75, 3.05) is 0 Å². The molecule has 78 valence electrons. The number of hydrogen-bond donors (Lipinski definition) is 0. The van der Waals surface area contributed by atoms with Gasteiger partial charge in [-0.25, -0.2) is 0 Å². The molecule has 1 fully saturated rings. The van der Waals surface area contributed by atoms with E-state index >= 15 is 0 Å². The van der Waals surface area contributed by atoms with Gasteiger partial charge < -0.3 is 4.74 Å². The number of aromatic nitrogens is 1. The maximum atomic E-state index is 11.7. The molecule has 1 aliphatic carbocycles. The largest absolute Gasteiger partial charge is 0.452 e. The lowest BCUT2D eigenvalue weighted by Crippen LogP contribution is -2.46. The van der Waals surface area contributed by atoms with Gasteiger partial charge in [0.1, 0.15) is 0 Å². The normalized spacial score (nSPS) is 32.3. The number of nitrogens with zero attached hydrogens (tertiary/aromatic N) is 1. The Bertz CT molecular complexity index is 429. The fraction of sp³-hybridized carbons (Fsp3) is 0.500. The predicted molar refractivity (Wildman–Crippen MR) is 54.3 cm³/mol. The van der Waals surface area contributed by atoms with Crippen LogP contribution in [0.4, 0.5) is 0 Å². The van der Waals surface area contributed by atoms with E-state index in [9.17, 15) is 4.79 Å². The van der Waals surface area contributed by atoms with Gasteiger partial charge in [-0.3, -0.25) is 9.78 Å². The second-order valence-electron chi connectivity index (χ2n) is 4.30. The zero-order valence-electron chi connectivity index (χ0n) is 8.69. The number of carbonyl (C=O) groups excluding carboxylic acids is 1. The first-order chi connectivity index (χ1) is 7.27. The number of carbonyl (C=O) groups is 1. The molecule has 1 saturated heterocycles. The SMILES string of the molecule is CCC12CCC(C(=O)O1)c1cccnc12. The van der Waals surface area contributed by atoms with E-state index in [1.165, 1.54) is 0 Å². The van der Waals surface area contributed by atoms with Crippen LogP contribution < -0.4 is 0 Å². The number of ether oxygens (including phenoxy) is 1. The van der Waals surface area contributed by atoms with Crippen LogP contribution in [-0.4, -0.2) is 11.0 Å². The Kier molecular flexibility index (Phi) is 1.67. The lowest BCUT2D eigenvalue weighted by atomic mass is 9.72. The third-order valence-corrected chi connectivity index (χ3v) is 3.63. The summed E-state index contributed by atoms with van der Waals surface area (Å²) in [5.74, 6) is -0.134. The third kappa shape index (κ3) is 1.01. The molecule has 3 heterocycles. The molecule has 1 aromatic rings. The molecule has 3 heteroatoms. The summed E-state index contributed by atoms with van der Waals surface area (Å²) in [6, 6.07) is 3.91. The maximum Gasteiger partial charge on any atom is 0.314 e. The van der Waals surface area contributed by atoms with Crippen molar-refractivity contribution in [1.29, 1.82) is 0 Å². The highest BCUT2D eigenvalue weighted by molar-refractivity contribution is 5.82. The van der Waals surface area contributed by atoms with Crippen molar-refractivity contribution in [3.05, 3.63) is 29.6 Å². The number of esters is 1. The van der Waals surface area contributed by atoms with E-state index in [-0.39, 0.29) is 11.9 Å². The van der Waals surface area contributed by atoms with Crippen molar-refractivity contribution in [3.63, 3.8) is 0 Å². The lowest BCUT2D eigenvalue weighted by Gasteiger charge is -2.45. The molecule has 0 spiro atoms. The smallest absolute Gasteiger partial charge is 0.314 e. The average Bonchev–Trinajstić information content (AvgIpc) is 2.30. The van der Waals surface area contributed by atoms with Gasteiger partial charge in [0.2, 0.25) is 0 Å². The molecular weight excluding hydrogens is 190 g/mol. The predicted octanol–water partition coefficient (Wildman–Crippen LogP) is 2.12. The number of hydrogen-bond acceptors (Lipinski definition) is 3. The summed E-state index contributed by atoms with van der Waals surface area (Å²) in [4.78, 5) is 16.1. The molecule has 0 aromatic carbocycles. The molecule has 2 aliphatic heterocycles. The summed E-state index contributed by atoms with van der Waals surface area (Å²) in [6.45, 7) is 2.05. The first kappa shape index (κ1) is 8.89. The zero-order valence-corrected chi connectivity index (χ0v) is 8.69. The molecule has 0 radical (unpaired) electrons. The topological polar surface area (TPSA) is 39.2 Å². The minimum absolute atomic E-state index is 0.0661.